The number of amides is 1. The fourth-order valence-electron chi connectivity index (χ4n) is 4.21. The predicted octanol–water partition coefficient (Wildman–Crippen LogP) is 5.65. The van der Waals surface area contributed by atoms with Crippen LogP contribution in [0.25, 0.3) is 0 Å². The Bertz CT molecular complexity index is 1250. The second kappa shape index (κ2) is 13.1. The second-order valence-corrected chi connectivity index (χ2v) is 9.63. The van der Waals surface area contributed by atoms with Crippen molar-refractivity contribution < 1.29 is 23.8 Å². The van der Waals surface area contributed by atoms with Gasteiger partial charge < -0.3 is 19.5 Å². The molecule has 7 nitrogen and oxygen atoms in total. The third kappa shape index (κ3) is 6.98. The molecule has 3 aromatic rings. The summed E-state index contributed by atoms with van der Waals surface area (Å²) in [7, 11) is 0. The molecule has 0 atom stereocenters. The number of nitrogens with zero attached hydrogens (tertiary/aromatic N) is 1. The van der Waals surface area contributed by atoms with E-state index in [-0.39, 0.29) is 12.5 Å². The van der Waals surface area contributed by atoms with E-state index < -0.39 is 5.97 Å². The standard InChI is InChI=1S/C29H32N2O5S/c1-3-34-24-16-21(14-15-23(24)36-19-26(32)35-4-2)18-31-29-27(22-12-8-9-13-25(22)37-29)28(33)30-17-20-10-6-5-7-11-20/h5-7,10-11,14-16,18H,3-4,8-9,12-13,17,19H2,1-2H3,(H,30,33)/b31-18+. The minimum Gasteiger partial charge on any atom is -0.490 e. The zero-order valence-electron chi connectivity index (χ0n) is 21.2. The molecular formula is C29H32N2O5S. The molecule has 0 fully saturated rings. The van der Waals surface area contributed by atoms with Gasteiger partial charge in [-0.1, -0.05) is 30.3 Å². The highest BCUT2D eigenvalue weighted by molar-refractivity contribution is 7.16. The molecule has 2 aromatic carbocycles. The van der Waals surface area contributed by atoms with Crippen molar-refractivity contribution in [3.8, 4) is 11.5 Å². The summed E-state index contributed by atoms with van der Waals surface area (Å²) in [6, 6.07) is 15.3. The van der Waals surface area contributed by atoms with Gasteiger partial charge in [-0.25, -0.2) is 9.79 Å². The molecule has 8 heteroatoms. The molecule has 1 N–H and O–H groups in total. The van der Waals surface area contributed by atoms with E-state index in [2.05, 4.69) is 5.32 Å². The van der Waals surface area contributed by atoms with Crippen molar-refractivity contribution in [1.29, 1.82) is 0 Å². The summed E-state index contributed by atoms with van der Waals surface area (Å²) in [6.07, 6.45) is 5.83. The van der Waals surface area contributed by atoms with Crippen LogP contribution in [0.3, 0.4) is 0 Å². The maximum absolute atomic E-state index is 13.3. The van der Waals surface area contributed by atoms with E-state index >= 15 is 0 Å². The molecule has 1 aromatic heterocycles. The Morgan fingerprint density at radius 3 is 2.59 bits per heavy atom. The number of ether oxygens (including phenoxy) is 3. The van der Waals surface area contributed by atoms with Crippen molar-refractivity contribution in [3.63, 3.8) is 0 Å². The first kappa shape index (κ1) is 26.4. The molecule has 1 aliphatic rings. The van der Waals surface area contributed by atoms with Gasteiger partial charge >= 0.3 is 5.97 Å². The smallest absolute Gasteiger partial charge is 0.344 e. The Kier molecular flexibility index (Phi) is 9.32. The first-order valence-corrected chi connectivity index (χ1v) is 13.5. The van der Waals surface area contributed by atoms with Crippen LogP contribution in [0.4, 0.5) is 5.00 Å². The monoisotopic (exact) mass is 520 g/mol. The van der Waals surface area contributed by atoms with Crippen LogP contribution in [0.15, 0.2) is 53.5 Å². The van der Waals surface area contributed by atoms with Crippen LogP contribution in [0.5, 0.6) is 11.5 Å². The number of carbonyl (C=O) groups is 2. The van der Waals surface area contributed by atoms with Crippen molar-refractivity contribution in [3.05, 3.63) is 75.7 Å². The highest BCUT2D eigenvalue weighted by atomic mass is 32.1. The highest BCUT2D eigenvalue weighted by Gasteiger charge is 2.25. The molecule has 0 unspecified atom stereocenters. The average molecular weight is 521 g/mol. The van der Waals surface area contributed by atoms with Gasteiger partial charge in [-0.3, -0.25) is 4.79 Å². The number of carbonyl (C=O) groups excluding carboxylic acids is 2. The first-order valence-electron chi connectivity index (χ1n) is 12.6. The molecule has 4 rings (SSSR count). The minimum atomic E-state index is -0.435. The van der Waals surface area contributed by atoms with E-state index in [9.17, 15) is 9.59 Å². The number of nitrogens with one attached hydrogen (secondary N) is 1. The molecule has 1 amide bonds. The summed E-state index contributed by atoms with van der Waals surface area (Å²) >= 11 is 1.60. The van der Waals surface area contributed by atoms with Crippen LogP contribution in [-0.2, 0) is 28.9 Å². The van der Waals surface area contributed by atoms with Gasteiger partial charge in [0.2, 0.25) is 0 Å². The predicted molar refractivity (Wildman–Crippen MR) is 146 cm³/mol. The quantitative estimate of drug-likeness (QED) is 0.261. The maximum atomic E-state index is 13.3. The summed E-state index contributed by atoms with van der Waals surface area (Å²) in [4.78, 5) is 31.0. The van der Waals surface area contributed by atoms with E-state index in [1.807, 2.05) is 49.4 Å². The zero-order valence-corrected chi connectivity index (χ0v) is 22.1. The van der Waals surface area contributed by atoms with Gasteiger partial charge in [0.05, 0.1) is 18.8 Å². The SMILES string of the molecule is CCOC(=O)COc1ccc(/C=N/c2sc3c(c2C(=O)NCc2ccccc2)CCCC3)cc1OCC. The number of hydrogen-bond donors (Lipinski definition) is 1. The van der Waals surface area contributed by atoms with Gasteiger partial charge in [-0.05, 0) is 74.4 Å². The summed E-state index contributed by atoms with van der Waals surface area (Å²) in [6.45, 7) is 4.66. The van der Waals surface area contributed by atoms with Gasteiger partial charge in [0.1, 0.15) is 5.00 Å². The molecule has 0 radical (unpaired) electrons. The topological polar surface area (TPSA) is 86.2 Å². The molecule has 0 bridgehead atoms. The van der Waals surface area contributed by atoms with E-state index in [0.29, 0.717) is 36.8 Å². The summed E-state index contributed by atoms with van der Waals surface area (Å²) in [5.41, 5.74) is 3.67. The minimum absolute atomic E-state index is 0.0897. The number of aliphatic imine (C=N–C) groups is 1. The lowest BCUT2D eigenvalue weighted by Crippen LogP contribution is -2.24. The van der Waals surface area contributed by atoms with Gasteiger partial charge in [-0.15, -0.1) is 11.3 Å². The number of thiophene rings is 1. The molecular weight excluding hydrogens is 488 g/mol. The van der Waals surface area contributed by atoms with E-state index in [1.165, 1.54) is 4.88 Å². The normalized spacial score (nSPS) is 12.7. The summed E-state index contributed by atoms with van der Waals surface area (Å²) in [5, 5.41) is 3.80. The Hall–Kier alpha value is -3.65. The number of esters is 1. The number of fused-ring (bicyclic) bond motifs is 1. The second-order valence-electron chi connectivity index (χ2n) is 8.55. The fraction of sp³-hybridized carbons (Fsp3) is 0.345. The van der Waals surface area contributed by atoms with Crippen molar-refractivity contribution in [2.45, 2.75) is 46.1 Å². The van der Waals surface area contributed by atoms with Crippen LogP contribution < -0.4 is 14.8 Å². The Labute approximate surface area is 221 Å². The highest BCUT2D eigenvalue weighted by Crippen LogP contribution is 2.40. The largest absolute Gasteiger partial charge is 0.490 e. The molecule has 0 aliphatic heterocycles. The molecule has 0 spiro atoms. The summed E-state index contributed by atoms with van der Waals surface area (Å²) in [5.74, 6) is 0.449. The zero-order chi connectivity index (χ0) is 26.0. The number of hydrogen-bond acceptors (Lipinski definition) is 7. The lowest BCUT2D eigenvalue weighted by Gasteiger charge is -2.13. The van der Waals surface area contributed by atoms with E-state index in [0.717, 1.165) is 47.4 Å². The van der Waals surface area contributed by atoms with Crippen molar-refractivity contribution in [2.24, 2.45) is 4.99 Å². The van der Waals surface area contributed by atoms with E-state index in [1.54, 1.807) is 30.5 Å². The van der Waals surface area contributed by atoms with Crippen LogP contribution >= 0.6 is 11.3 Å². The van der Waals surface area contributed by atoms with Crippen LogP contribution in [0.2, 0.25) is 0 Å². The van der Waals surface area contributed by atoms with Crippen LogP contribution in [0.1, 0.15) is 58.6 Å². The fourth-order valence-corrected chi connectivity index (χ4v) is 5.44. The van der Waals surface area contributed by atoms with Gasteiger partial charge in [0, 0.05) is 17.6 Å². The summed E-state index contributed by atoms with van der Waals surface area (Å²) < 4.78 is 16.2. The van der Waals surface area contributed by atoms with Crippen molar-refractivity contribution in [2.75, 3.05) is 19.8 Å². The third-order valence-corrected chi connectivity index (χ3v) is 7.12. The van der Waals surface area contributed by atoms with Gasteiger partial charge in [0.15, 0.2) is 18.1 Å². The molecule has 194 valence electrons. The molecule has 0 saturated heterocycles. The lowest BCUT2D eigenvalue weighted by atomic mass is 9.95. The van der Waals surface area contributed by atoms with Gasteiger partial charge in [0.25, 0.3) is 5.91 Å². The van der Waals surface area contributed by atoms with Crippen molar-refractivity contribution >= 4 is 34.4 Å². The van der Waals surface area contributed by atoms with Crippen LogP contribution in [0, 0.1) is 0 Å². The Morgan fingerprint density at radius 1 is 1.00 bits per heavy atom. The van der Waals surface area contributed by atoms with Gasteiger partial charge in [-0.2, -0.15) is 0 Å². The number of rotatable bonds is 11. The number of benzene rings is 2. The first-order chi connectivity index (χ1) is 18.1. The molecule has 0 saturated carbocycles. The third-order valence-electron chi connectivity index (χ3n) is 5.93. The Morgan fingerprint density at radius 2 is 1.81 bits per heavy atom. The maximum Gasteiger partial charge on any atom is 0.344 e. The Balaban J connectivity index is 1.54. The number of aryl methyl sites for hydroxylation is 1. The van der Waals surface area contributed by atoms with E-state index in [4.69, 9.17) is 19.2 Å². The molecule has 37 heavy (non-hydrogen) atoms. The van der Waals surface area contributed by atoms with Crippen molar-refractivity contribution in [1.82, 2.24) is 5.32 Å². The average Bonchev–Trinajstić information content (AvgIpc) is 3.29. The van der Waals surface area contributed by atoms with Crippen LogP contribution in [-0.4, -0.2) is 37.9 Å². The lowest BCUT2D eigenvalue weighted by molar-refractivity contribution is -0.145. The molecule has 1 heterocycles. The molecule has 1 aliphatic carbocycles.